The van der Waals surface area contributed by atoms with Crippen molar-refractivity contribution in [3.8, 4) is 5.88 Å². The van der Waals surface area contributed by atoms with Crippen LogP contribution in [0.15, 0.2) is 6.20 Å². The van der Waals surface area contributed by atoms with Gasteiger partial charge in [0.05, 0.1) is 25.4 Å². The number of nitrogens with zero attached hydrogens (tertiary/aromatic N) is 3. The van der Waals surface area contributed by atoms with E-state index in [1.54, 1.807) is 14.2 Å². The zero-order chi connectivity index (χ0) is 14.7. The second-order valence-electron chi connectivity index (χ2n) is 5.34. The number of methoxy groups -OCH3 is 2. The minimum atomic E-state index is -0.329. The van der Waals surface area contributed by atoms with Gasteiger partial charge in [-0.2, -0.15) is 4.98 Å². The molecule has 1 saturated heterocycles. The molecule has 2 aliphatic heterocycles. The zero-order valence-electron chi connectivity index (χ0n) is 12.5. The third-order valence-electron chi connectivity index (χ3n) is 3.94. The van der Waals surface area contributed by atoms with Crippen molar-refractivity contribution < 1.29 is 14.2 Å². The third-order valence-corrected chi connectivity index (χ3v) is 3.94. The molecule has 116 valence electrons. The van der Waals surface area contributed by atoms with Gasteiger partial charge in [0.25, 0.3) is 0 Å². The molecular formula is C14H22N4O3. The van der Waals surface area contributed by atoms with Crippen LogP contribution in [0, 0.1) is 0 Å². The van der Waals surface area contributed by atoms with E-state index >= 15 is 0 Å². The molecule has 1 N–H and O–H groups in total. The molecule has 3 heterocycles. The van der Waals surface area contributed by atoms with E-state index < -0.39 is 0 Å². The van der Waals surface area contributed by atoms with E-state index in [0.717, 1.165) is 30.9 Å². The quantitative estimate of drug-likeness (QED) is 0.869. The van der Waals surface area contributed by atoms with Crippen molar-refractivity contribution in [1.82, 2.24) is 15.3 Å². The lowest BCUT2D eigenvalue weighted by atomic mass is 10.2. The van der Waals surface area contributed by atoms with Crippen LogP contribution in [0.3, 0.4) is 0 Å². The summed E-state index contributed by atoms with van der Waals surface area (Å²) in [6.07, 6.45) is 3.76. The Morgan fingerprint density at radius 3 is 3.19 bits per heavy atom. The number of ether oxygens (including phenoxy) is 3. The Bertz CT molecular complexity index is 485. The molecule has 0 saturated carbocycles. The highest BCUT2D eigenvalue weighted by Crippen LogP contribution is 2.27. The van der Waals surface area contributed by atoms with Gasteiger partial charge >= 0.3 is 0 Å². The van der Waals surface area contributed by atoms with Crippen molar-refractivity contribution in [2.75, 3.05) is 38.8 Å². The molecule has 7 nitrogen and oxygen atoms in total. The zero-order valence-corrected chi connectivity index (χ0v) is 12.5. The first-order chi connectivity index (χ1) is 10.3. The molecule has 2 aliphatic rings. The number of anilines is 1. The summed E-state index contributed by atoms with van der Waals surface area (Å²) in [6.45, 7) is 2.96. The van der Waals surface area contributed by atoms with E-state index in [-0.39, 0.29) is 6.29 Å². The summed E-state index contributed by atoms with van der Waals surface area (Å²) >= 11 is 0. The van der Waals surface area contributed by atoms with Crippen molar-refractivity contribution in [3.05, 3.63) is 11.9 Å². The number of aromatic nitrogens is 2. The van der Waals surface area contributed by atoms with Crippen LogP contribution >= 0.6 is 0 Å². The molecule has 7 heteroatoms. The maximum Gasteiger partial charge on any atom is 0.241 e. The number of hydrogen-bond acceptors (Lipinski definition) is 7. The summed E-state index contributed by atoms with van der Waals surface area (Å²) in [7, 11) is 3.36. The van der Waals surface area contributed by atoms with Gasteiger partial charge in [-0.3, -0.25) is 4.98 Å². The number of fused-ring (bicyclic) bond motifs is 1. The Hall–Kier alpha value is -1.44. The van der Waals surface area contributed by atoms with Crippen molar-refractivity contribution in [1.29, 1.82) is 0 Å². The molecule has 0 radical (unpaired) electrons. The van der Waals surface area contributed by atoms with Crippen LogP contribution in [0.1, 0.15) is 18.5 Å². The maximum absolute atomic E-state index is 5.79. The summed E-state index contributed by atoms with van der Waals surface area (Å²) in [5.74, 6) is 1.41. The first kappa shape index (κ1) is 14.5. The van der Waals surface area contributed by atoms with Gasteiger partial charge in [0.1, 0.15) is 5.69 Å². The Kier molecular flexibility index (Phi) is 4.52. The molecule has 1 unspecified atom stereocenters. The second-order valence-corrected chi connectivity index (χ2v) is 5.34. The molecule has 0 aromatic carbocycles. The maximum atomic E-state index is 5.79. The van der Waals surface area contributed by atoms with E-state index in [1.807, 2.05) is 6.20 Å². The number of hydrogen-bond donors (Lipinski definition) is 1. The van der Waals surface area contributed by atoms with Gasteiger partial charge in [0.2, 0.25) is 12.2 Å². The van der Waals surface area contributed by atoms with Gasteiger partial charge in [0, 0.05) is 27.3 Å². The van der Waals surface area contributed by atoms with Crippen LogP contribution in [-0.2, 0) is 16.0 Å². The second kappa shape index (κ2) is 6.55. The summed E-state index contributed by atoms with van der Waals surface area (Å²) < 4.78 is 16.3. The third kappa shape index (κ3) is 3.09. The lowest BCUT2D eigenvalue weighted by Crippen LogP contribution is -2.33. The summed E-state index contributed by atoms with van der Waals surface area (Å²) in [5, 5.41) is 3.24. The largest absolute Gasteiger partial charge is 0.445 e. The smallest absolute Gasteiger partial charge is 0.241 e. The fourth-order valence-corrected chi connectivity index (χ4v) is 2.85. The van der Waals surface area contributed by atoms with Gasteiger partial charge in [-0.15, -0.1) is 0 Å². The molecule has 1 fully saturated rings. The van der Waals surface area contributed by atoms with Crippen LogP contribution in [0.25, 0.3) is 0 Å². The van der Waals surface area contributed by atoms with Crippen molar-refractivity contribution in [2.45, 2.75) is 31.7 Å². The van der Waals surface area contributed by atoms with Crippen LogP contribution in [0.4, 0.5) is 5.82 Å². The molecule has 1 aromatic heterocycles. The summed E-state index contributed by atoms with van der Waals surface area (Å²) in [4.78, 5) is 11.4. The van der Waals surface area contributed by atoms with Crippen molar-refractivity contribution in [2.24, 2.45) is 0 Å². The highest BCUT2D eigenvalue weighted by Gasteiger charge is 2.27. The van der Waals surface area contributed by atoms with E-state index in [1.165, 1.54) is 0 Å². The van der Waals surface area contributed by atoms with Gasteiger partial charge in [-0.05, 0) is 12.8 Å². The number of rotatable bonds is 4. The highest BCUT2D eigenvalue weighted by atomic mass is 16.7. The molecule has 2 atom stereocenters. The van der Waals surface area contributed by atoms with Crippen LogP contribution in [0.2, 0.25) is 0 Å². The molecular weight excluding hydrogens is 272 g/mol. The highest BCUT2D eigenvalue weighted by molar-refractivity contribution is 5.42. The molecule has 0 amide bonds. The summed E-state index contributed by atoms with van der Waals surface area (Å²) in [6, 6.07) is 0.365. The molecule has 3 rings (SSSR count). The Labute approximate surface area is 124 Å². The Morgan fingerprint density at radius 2 is 2.38 bits per heavy atom. The molecule has 1 aromatic rings. The van der Waals surface area contributed by atoms with Gasteiger partial charge in [-0.25, -0.2) is 0 Å². The standard InChI is InChI=1S/C14H22N4O3/c1-19-9-10-4-3-5-18(10)12-7-16-11-6-15-8-13(20-2)21-14(11)17-12/h7,10,13,15H,3-6,8-9H2,1-2H3/t10?,13-/m1/s1. The summed E-state index contributed by atoms with van der Waals surface area (Å²) in [5.41, 5.74) is 0.820. The normalized spacial score (nSPS) is 25.3. The van der Waals surface area contributed by atoms with Gasteiger partial charge in [0.15, 0.2) is 5.82 Å². The monoisotopic (exact) mass is 294 g/mol. The predicted molar refractivity (Wildman–Crippen MR) is 77.4 cm³/mol. The van der Waals surface area contributed by atoms with E-state index in [4.69, 9.17) is 14.2 Å². The number of nitrogens with one attached hydrogen (secondary N) is 1. The van der Waals surface area contributed by atoms with Gasteiger partial charge < -0.3 is 24.4 Å². The van der Waals surface area contributed by atoms with Crippen LogP contribution < -0.4 is 15.0 Å². The molecule has 0 bridgehead atoms. The lowest BCUT2D eigenvalue weighted by Gasteiger charge is -2.25. The van der Waals surface area contributed by atoms with E-state index in [0.29, 0.717) is 31.6 Å². The molecule has 0 spiro atoms. The SMILES string of the molecule is COCC1CCCN1c1cnc2c(n1)O[C@@H](OC)CNC2. The first-order valence-electron chi connectivity index (χ1n) is 7.33. The average Bonchev–Trinajstić information content (AvgIpc) is 2.85. The average molecular weight is 294 g/mol. The van der Waals surface area contributed by atoms with Crippen LogP contribution in [0.5, 0.6) is 5.88 Å². The van der Waals surface area contributed by atoms with Gasteiger partial charge in [-0.1, -0.05) is 0 Å². The van der Waals surface area contributed by atoms with E-state index in [2.05, 4.69) is 20.2 Å². The lowest BCUT2D eigenvalue weighted by molar-refractivity contribution is -0.0503. The molecule has 0 aliphatic carbocycles. The van der Waals surface area contributed by atoms with Crippen molar-refractivity contribution in [3.63, 3.8) is 0 Å². The predicted octanol–water partition coefficient (Wildman–Crippen LogP) is 0.546. The minimum Gasteiger partial charge on any atom is -0.445 e. The Morgan fingerprint density at radius 1 is 1.48 bits per heavy atom. The minimum absolute atomic E-state index is 0.329. The van der Waals surface area contributed by atoms with Crippen molar-refractivity contribution >= 4 is 5.82 Å². The van der Waals surface area contributed by atoms with Crippen LogP contribution in [-0.4, -0.2) is 56.2 Å². The Balaban J connectivity index is 1.83. The topological polar surface area (TPSA) is 68.7 Å². The first-order valence-corrected chi connectivity index (χ1v) is 7.33. The molecule has 21 heavy (non-hydrogen) atoms. The fourth-order valence-electron chi connectivity index (χ4n) is 2.85. The fraction of sp³-hybridized carbons (Fsp3) is 0.714. The van der Waals surface area contributed by atoms with E-state index in [9.17, 15) is 0 Å².